The molecule has 1 amide bonds. The van der Waals surface area contributed by atoms with E-state index < -0.39 is 6.17 Å². The van der Waals surface area contributed by atoms with Crippen molar-refractivity contribution in [3.8, 4) is 23.2 Å². The zero-order valence-electron chi connectivity index (χ0n) is 17.4. The van der Waals surface area contributed by atoms with Gasteiger partial charge in [0.05, 0.1) is 13.3 Å². The van der Waals surface area contributed by atoms with E-state index in [1.807, 2.05) is 25.1 Å². The molecule has 1 aliphatic rings. The fourth-order valence-corrected chi connectivity index (χ4v) is 2.87. The van der Waals surface area contributed by atoms with Crippen LogP contribution in [0, 0.1) is 18.3 Å². The SMILES string of the molecule is COc1cc2ncc(C(=O)Nc3cc(-c4ncon4)ccc3C)n2cc1C#N.FC1CC1. The molecule has 162 valence electrons. The molecule has 3 aromatic heterocycles. The van der Waals surface area contributed by atoms with E-state index in [4.69, 9.17) is 9.26 Å². The predicted octanol–water partition coefficient (Wildman–Crippen LogP) is 3.94. The van der Waals surface area contributed by atoms with Crippen LogP contribution in [0.4, 0.5) is 10.1 Å². The van der Waals surface area contributed by atoms with Crippen molar-refractivity contribution >= 4 is 17.2 Å². The molecule has 0 radical (unpaired) electrons. The van der Waals surface area contributed by atoms with Gasteiger partial charge >= 0.3 is 0 Å². The Balaban J connectivity index is 0.000000552. The monoisotopic (exact) mass is 434 g/mol. The summed E-state index contributed by atoms with van der Waals surface area (Å²) in [5.74, 6) is 0.460. The number of anilines is 1. The van der Waals surface area contributed by atoms with Crippen LogP contribution in [0.25, 0.3) is 17.0 Å². The molecule has 4 aromatic rings. The third-order valence-corrected chi connectivity index (χ3v) is 4.79. The zero-order chi connectivity index (χ0) is 22.7. The molecule has 9 nitrogen and oxygen atoms in total. The summed E-state index contributed by atoms with van der Waals surface area (Å²) in [4.78, 5) is 21.1. The van der Waals surface area contributed by atoms with Crippen molar-refractivity contribution in [2.24, 2.45) is 0 Å². The van der Waals surface area contributed by atoms with E-state index in [1.165, 1.54) is 25.9 Å². The Bertz CT molecular complexity index is 1310. The fraction of sp³-hybridized carbons (Fsp3) is 0.227. The number of imidazole rings is 1. The van der Waals surface area contributed by atoms with Crippen molar-refractivity contribution in [1.82, 2.24) is 19.5 Å². The lowest BCUT2D eigenvalue weighted by molar-refractivity contribution is 0.102. The molecule has 0 bridgehead atoms. The number of benzene rings is 1. The average molecular weight is 434 g/mol. The van der Waals surface area contributed by atoms with Gasteiger partial charge in [-0.15, -0.1) is 0 Å². The molecule has 1 N–H and O–H groups in total. The number of amides is 1. The van der Waals surface area contributed by atoms with Gasteiger partial charge in [-0.05, 0) is 31.4 Å². The second kappa shape index (κ2) is 8.85. The van der Waals surface area contributed by atoms with Crippen LogP contribution in [-0.2, 0) is 0 Å². The number of aryl methyl sites for hydroxylation is 1. The van der Waals surface area contributed by atoms with E-state index in [-0.39, 0.29) is 5.91 Å². The Morgan fingerprint density at radius 1 is 1.34 bits per heavy atom. The van der Waals surface area contributed by atoms with E-state index >= 15 is 0 Å². The highest BCUT2D eigenvalue weighted by molar-refractivity contribution is 6.04. The quantitative estimate of drug-likeness (QED) is 0.517. The summed E-state index contributed by atoms with van der Waals surface area (Å²) in [5.41, 5.74) is 3.28. The number of ether oxygens (including phenoxy) is 1. The van der Waals surface area contributed by atoms with Gasteiger partial charge in [0.25, 0.3) is 5.91 Å². The van der Waals surface area contributed by atoms with Crippen molar-refractivity contribution in [3.05, 3.63) is 59.9 Å². The van der Waals surface area contributed by atoms with Crippen LogP contribution < -0.4 is 10.1 Å². The lowest BCUT2D eigenvalue weighted by atomic mass is 10.1. The highest BCUT2D eigenvalue weighted by atomic mass is 19.1. The first-order chi connectivity index (χ1) is 15.5. The number of rotatable bonds is 4. The molecular weight excluding hydrogens is 415 g/mol. The number of nitrogens with one attached hydrogen (secondary N) is 1. The Labute approximate surface area is 182 Å². The van der Waals surface area contributed by atoms with Crippen molar-refractivity contribution in [1.29, 1.82) is 5.26 Å². The minimum absolute atomic E-state index is 0.290. The lowest BCUT2D eigenvalue weighted by Gasteiger charge is -2.10. The number of fused-ring (bicyclic) bond motifs is 1. The largest absolute Gasteiger partial charge is 0.495 e. The van der Waals surface area contributed by atoms with E-state index in [1.54, 1.807) is 16.5 Å². The van der Waals surface area contributed by atoms with Crippen molar-refractivity contribution in [3.63, 3.8) is 0 Å². The normalized spacial score (nSPS) is 12.6. The second-order valence-corrected chi connectivity index (χ2v) is 7.15. The van der Waals surface area contributed by atoms with Gasteiger partial charge in [-0.1, -0.05) is 17.3 Å². The van der Waals surface area contributed by atoms with Crippen molar-refractivity contribution in [2.75, 3.05) is 12.4 Å². The lowest BCUT2D eigenvalue weighted by Crippen LogP contribution is -2.15. The van der Waals surface area contributed by atoms with Crippen LogP contribution in [0.5, 0.6) is 5.75 Å². The molecular formula is C22H19FN6O3. The van der Waals surface area contributed by atoms with Gasteiger partial charge in [-0.25, -0.2) is 9.37 Å². The number of alkyl halides is 1. The maximum atomic E-state index is 12.9. The summed E-state index contributed by atoms with van der Waals surface area (Å²) >= 11 is 0. The number of hydrogen-bond acceptors (Lipinski definition) is 7. The fourth-order valence-electron chi connectivity index (χ4n) is 2.87. The van der Waals surface area contributed by atoms with Crippen LogP contribution in [0.2, 0.25) is 0 Å². The number of aromatic nitrogens is 4. The number of hydrogen-bond donors (Lipinski definition) is 1. The molecule has 0 spiro atoms. The number of halogens is 1. The zero-order valence-corrected chi connectivity index (χ0v) is 17.4. The molecule has 1 saturated carbocycles. The number of carbonyl (C=O) groups is 1. The van der Waals surface area contributed by atoms with E-state index in [9.17, 15) is 14.4 Å². The standard InChI is InChI=1S/C19H14N6O3.C3H5F/c1-11-3-4-12(18-22-10-28-24-18)5-14(11)23-19(26)15-8-21-17-6-16(27-2)13(7-20)9-25(15)17;4-3-1-2-3/h3-6,8-10H,1-2H3,(H,23,26);3H,1-2H2. The van der Waals surface area contributed by atoms with Crippen LogP contribution in [0.15, 0.2) is 47.6 Å². The molecule has 5 rings (SSSR count). The molecule has 3 heterocycles. The van der Waals surface area contributed by atoms with Gasteiger partial charge in [0.2, 0.25) is 12.2 Å². The average Bonchev–Trinajstić information content (AvgIpc) is 3.25. The van der Waals surface area contributed by atoms with Gasteiger partial charge < -0.3 is 14.6 Å². The summed E-state index contributed by atoms with van der Waals surface area (Å²) in [7, 11) is 1.47. The Morgan fingerprint density at radius 3 is 2.75 bits per heavy atom. The molecule has 1 aliphatic carbocycles. The van der Waals surface area contributed by atoms with Crippen molar-refractivity contribution in [2.45, 2.75) is 25.9 Å². The first kappa shape index (κ1) is 21.0. The molecule has 0 atom stereocenters. The summed E-state index contributed by atoms with van der Waals surface area (Å²) < 4.78 is 22.6. The molecule has 1 fully saturated rings. The smallest absolute Gasteiger partial charge is 0.274 e. The van der Waals surface area contributed by atoms with Crippen LogP contribution in [0.3, 0.4) is 0 Å². The van der Waals surface area contributed by atoms with E-state index in [0.29, 0.717) is 39.7 Å². The van der Waals surface area contributed by atoms with Crippen LogP contribution in [-0.4, -0.2) is 38.7 Å². The third-order valence-electron chi connectivity index (χ3n) is 4.79. The number of carbonyl (C=O) groups excluding carboxylic acids is 1. The summed E-state index contributed by atoms with van der Waals surface area (Å²) in [6.07, 6.45) is 5.44. The first-order valence-corrected chi connectivity index (χ1v) is 9.78. The van der Waals surface area contributed by atoms with Crippen molar-refractivity contribution < 1.29 is 18.4 Å². The third kappa shape index (κ3) is 4.41. The summed E-state index contributed by atoms with van der Waals surface area (Å²) in [6.45, 7) is 1.88. The molecule has 1 aromatic carbocycles. The van der Waals surface area contributed by atoms with Gasteiger partial charge in [-0.3, -0.25) is 9.20 Å². The van der Waals surface area contributed by atoms with Gasteiger partial charge in [0.15, 0.2) is 0 Å². The number of methoxy groups -OCH3 is 1. The van der Waals surface area contributed by atoms with Gasteiger partial charge in [0, 0.05) is 23.5 Å². The highest BCUT2D eigenvalue weighted by Crippen LogP contribution is 2.25. The minimum atomic E-state index is -0.417. The van der Waals surface area contributed by atoms with Crippen LogP contribution >= 0.6 is 0 Å². The molecule has 32 heavy (non-hydrogen) atoms. The summed E-state index contributed by atoms with van der Waals surface area (Å²) in [6, 6.07) is 9.12. The Hall–Kier alpha value is -4.26. The van der Waals surface area contributed by atoms with Gasteiger partial charge in [0.1, 0.15) is 34.9 Å². The topological polar surface area (TPSA) is 118 Å². The number of nitrogens with zero attached hydrogens (tertiary/aromatic N) is 5. The maximum Gasteiger partial charge on any atom is 0.274 e. The minimum Gasteiger partial charge on any atom is -0.495 e. The second-order valence-electron chi connectivity index (χ2n) is 7.15. The summed E-state index contributed by atoms with van der Waals surface area (Å²) in [5, 5.41) is 16.0. The molecule has 0 unspecified atom stereocenters. The van der Waals surface area contributed by atoms with Crippen LogP contribution in [0.1, 0.15) is 34.5 Å². The Kier molecular flexibility index (Phi) is 5.81. The van der Waals surface area contributed by atoms with Gasteiger partial charge in [-0.2, -0.15) is 10.2 Å². The maximum absolute atomic E-state index is 12.9. The number of pyridine rings is 1. The predicted molar refractivity (Wildman–Crippen MR) is 113 cm³/mol. The molecule has 10 heteroatoms. The Morgan fingerprint density at radius 2 is 2.12 bits per heavy atom. The van der Waals surface area contributed by atoms with E-state index in [2.05, 4.69) is 20.4 Å². The highest BCUT2D eigenvalue weighted by Gasteiger charge is 2.18. The molecule has 0 aliphatic heterocycles. The molecule has 0 saturated heterocycles. The van der Waals surface area contributed by atoms with E-state index in [0.717, 1.165) is 18.4 Å². The number of nitriles is 1. The first-order valence-electron chi connectivity index (χ1n) is 9.78.